The highest BCUT2D eigenvalue weighted by Gasteiger charge is 2.40. The van der Waals surface area contributed by atoms with Gasteiger partial charge in [0.25, 0.3) is 5.56 Å². The molecule has 1 unspecified atom stereocenters. The van der Waals surface area contributed by atoms with E-state index in [0.717, 1.165) is 0 Å². The highest BCUT2D eigenvalue weighted by atomic mass is 35.5. The first kappa shape index (κ1) is 10.2. The quantitative estimate of drug-likeness (QED) is 0.682. The van der Waals surface area contributed by atoms with Gasteiger partial charge in [-0.1, -0.05) is 29.8 Å². The molecule has 72 valence electrons. The van der Waals surface area contributed by atoms with Crippen molar-refractivity contribution < 1.29 is 17.9 Å². The molecule has 1 nitrogen and oxygen atoms in total. The lowest BCUT2D eigenvalue weighted by molar-refractivity contribution is -0.169. The average molecular weight is 211 g/mol. The van der Waals surface area contributed by atoms with Crippen molar-refractivity contribution in [3.8, 4) is 5.75 Å². The van der Waals surface area contributed by atoms with Gasteiger partial charge in [0, 0.05) is 0 Å². The van der Waals surface area contributed by atoms with E-state index in [1.807, 2.05) is 0 Å². The average Bonchev–Trinajstić information content (AvgIpc) is 2.04. The normalized spacial score (nSPS) is 13.8. The maximum absolute atomic E-state index is 11.9. The molecular weight excluding hydrogens is 205 g/mol. The predicted octanol–water partition coefficient (Wildman–Crippen LogP) is 3.19. The molecule has 0 fully saturated rings. The van der Waals surface area contributed by atoms with E-state index in [2.05, 4.69) is 4.74 Å². The maximum atomic E-state index is 11.9. The van der Waals surface area contributed by atoms with Crippen LogP contribution in [0.4, 0.5) is 13.2 Å². The molecule has 1 aromatic carbocycles. The molecular formula is C8H6ClF3O. The summed E-state index contributed by atoms with van der Waals surface area (Å²) >= 11 is 4.94. The van der Waals surface area contributed by atoms with Gasteiger partial charge in [0.15, 0.2) is 0 Å². The zero-order valence-electron chi connectivity index (χ0n) is 6.38. The van der Waals surface area contributed by atoms with E-state index in [4.69, 9.17) is 11.6 Å². The molecule has 1 aromatic rings. The van der Waals surface area contributed by atoms with Crippen LogP contribution in [0.15, 0.2) is 30.3 Å². The second-order valence-electron chi connectivity index (χ2n) is 2.29. The summed E-state index contributed by atoms with van der Waals surface area (Å²) in [5.74, 6) is 0.0971. The topological polar surface area (TPSA) is 9.23 Å². The fourth-order valence-corrected chi connectivity index (χ4v) is 0.788. The van der Waals surface area contributed by atoms with Crippen LogP contribution in [-0.4, -0.2) is 11.7 Å². The Morgan fingerprint density at radius 1 is 1.15 bits per heavy atom. The smallest absolute Gasteiger partial charge is 0.440 e. The summed E-state index contributed by atoms with van der Waals surface area (Å²) in [6.45, 7) is 0. The summed E-state index contributed by atoms with van der Waals surface area (Å²) in [5.41, 5.74) is -2.30. The molecule has 5 heteroatoms. The van der Waals surface area contributed by atoms with Gasteiger partial charge in [-0.25, -0.2) is 0 Å². The van der Waals surface area contributed by atoms with Crippen LogP contribution in [0, 0.1) is 0 Å². The van der Waals surface area contributed by atoms with Crippen molar-refractivity contribution in [2.24, 2.45) is 0 Å². The third-order valence-electron chi connectivity index (χ3n) is 1.24. The van der Waals surface area contributed by atoms with E-state index in [1.165, 1.54) is 12.1 Å². The second-order valence-corrected chi connectivity index (χ2v) is 2.68. The largest absolute Gasteiger partial charge is 0.465 e. The summed E-state index contributed by atoms with van der Waals surface area (Å²) in [7, 11) is 0. The highest BCUT2D eigenvalue weighted by Crippen LogP contribution is 2.27. The third-order valence-corrected chi connectivity index (χ3v) is 1.58. The summed E-state index contributed by atoms with van der Waals surface area (Å²) in [6.07, 6.45) is -4.54. The van der Waals surface area contributed by atoms with E-state index in [-0.39, 0.29) is 5.75 Å². The highest BCUT2D eigenvalue weighted by molar-refractivity contribution is 6.20. The Balaban J connectivity index is 2.61. The molecule has 0 heterocycles. The third kappa shape index (κ3) is 3.14. The van der Waals surface area contributed by atoms with Gasteiger partial charge in [0.05, 0.1) is 0 Å². The van der Waals surface area contributed by atoms with Crippen molar-refractivity contribution in [1.29, 1.82) is 0 Å². The van der Waals surface area contributed by atoms with Gasteiger partial charge >= 0.3 is 6.18 Å². The molecule has 1 atom stereocenters. The minimum Gasteiger partial charge on any atom is -0.465 e. The van der Waals surface area contributed by atoms with Crippen molar-refractivity contribution >= 4 is 11.6 Å². The van der Waals surface area contributed by atoms with Crippen LogP contribution in [0.25, 0.3) is 0 Å². The van der Waals surface area contributed by atoms with Gasteiger partial charge in [-0.2, -0.15) is 13.2 Å². The minimum atomic E-state index is -4.54. The van der Waals surface area contributed by atoms with Crippen LogP contribution >= 0.6 is 11.6 Å². The SMILES string of the molecule is FC(F)(F)C(Cl)Oc1ccccc1. The van der Waals surface area contributed by atoms with Crippen molar-refractivity contribution in [3.05, 3.63) is 30.3 Å². The van der Waals surface area contributed by atoms with E-state index in [1.54, 1.807) is 18.2 Å². The molecule has 0 bridgehead atoms. The Kier molecular flexibility index (Phi) is 3.03. The molecule has 0 amide bonds. The Morgan fingerprint density at radius 3 is 2.15 bits per heavy atom. The monoisotopic (exact) mass is 210 g/mol. The predicted molar refractivity (Wildman–Crippen MR) is 42.8 cm³/mol. The summed E-state index contributed by atoms with van der Waals surface area (Å²) in [6, 6.07) is 7.61. The molecule has 0 radical (unpaired) electrons. The molecule has 0 aliphatic rings. The van der Waals surface area contributed by atoms with Crippen molar-refractivity contribution in [2.45, 2.75) is 11.7 Å². The molecule has 0 spiro atoms. The van der Waals surface area contributed by atoms with Gasteiger partial charge in [-0.3, -0.25) is 0 Å². The van der Waals surface area contributed by atoms with Crippen LogP contribution < -0.4 is 4.74 Å². The lowest BCUT2D eigenvalue weighted by atomic mass is 10.3. The van der Waals surface area contributed by atoms with E-state index < -0.39 is 11.7 Å². The molecule has 0 aliphatic carbocycles. The molecule has 0 saturated carbocycles. The van der Waals surface area contributed by atoms with Gasteiger partial charge in [-0.15, -0.1) is 0 Å². The van der Waals surface area contributed by atoms with Crippen LogP contribution in [0.2, 0.25) is 0 Å². The number of para-hydroxylation sites is 1. The lowest BCUT2D eigenvalue weighted by Crippen LogP contribution is -2.28. The van der Waals surface area contributed by atoms with Crippen molar-refractivity contribution in [3.63, 3.8) is 0 Å². The molecule has 0 aromatic heterocycles. The van der Waals surface area contributed by atoms with Gasteiger partial charge in [-0.05, 0) is 12.1 Å². The fourth-order valence-electron chi connectivity index (χ4n) is 0.685. The fraction of sp³-hybridized carbons (Fsp3) is 0.250. The van der Waals surface area contributed by atoms with Crippen molar-refractivity contribution in [2.75, 3.05) is 0 Å². The van der Waals surface area contributed by atoms with Gasteiger partial charge in [0.1, 0.15) is 5.75 Å². The summed E-state index contributed by atoms with van der Waals surface area (Å²) in [5, 5.41) is 0. The Bertz CT molecular complexity index is 260. The van der Waals surface area contributed by atoms with Gasteiger partial charge in [0.2, 0.25) is 0 Å². The summed E-state index contributed by atoms with van der Waals surface area (Å²) < 4.78 is 40.1. The molecule has 1 rings (SSSR count). The Morgan fingerprint density at radius 2 is 1.69 bits per heavy atom. The second kappa shape index (κ2) is 3.87. The number of ether oxygens (including phenoxy) is 1. The van der Waals surface area contributed by atoms with Crippen LogP contribution in [0.5, 0.6) is 5.75 Å². The van der Waals surface area contributed by atoms with E-state index in [9.17, 15) is 13.2 Å². The Hall–Kier alpha value is -0.900. The zero-order chi connectivity index (χ0) is 9.90. The number of alkyl halides is 4. The number of halogens is 4. The lowest BCUT2D eigenvalue weighted by Gasteiger charge is -2.15. The molecule has 0 aliphatic heterocycles. The van der Waals surface area contributed by atoms with Crippen molar-refractivity contribution in [1.82, 2.24) is 0 Å². The number of hydrogen-bond donors (Lipinski definition) is 0. The molecule has 0 saturated heterocycles. The first-order valence-electron chi connectivity index (χ1n) is 3.42. The first-order chi connectivity index (χ1) is 6.00. The minimum absolute atomic E-state index is 0.0971. The van der Waals surface area contributed by atoms with E-state index in [0.29, 0.717) is 0 Å². The standard InChI is InChI=1S/C8H6ClF3O/c9-7(8(10,11)12)13-6-4-2-1-3-5-6/h1-5,7H. The Labute approximate surface area is 78.1 Å². The zero-order valence-corrected chi connectivity index (χ0v) is 7.14. The molecule has 0 N–H and O–H groups in total. The van der Waals surface area contributed by atoms with Crippen LogP contribution in [0.3, 0.4) is 0 Å². The number of hydrogen-bond acceptors (Lipinski definition) is 1. The van der Waals surface area contributed by atoms with E-state index >= 15 is 0 Å². The van der Waals surface area contributed by atoms with Crippen LogP contribution in [0.1, 0.15) is 0 Å². The number of benzene rings is 1. The van der Waals surface area contributed by atoms with Gasteiger partial charge < -0.3 is 4.74 Å². The first-order valence-corrected chi connectivity index (χ1v) is 3.86. The number of rotatable bonds is 2. The summed E-state index contributed by atoms with van der Waals surface area (Å²) in [4.78, 5) is 0. The maximum Gasteiger partial charge on any atom is 0.440 e. The molecule has 13 heavy (non-hydrogen) atoms. The van der Waals surface area contributed by atoms with Crippen LogP contribution in [-0.2, 0) is 0 Å².